The third kappa shape index (κ3) is 4.60. The Morgan fingerprint density at radius 2 is 1.60 bits per heavy atom. The number of carbonyl (C=O) groups excluding carboxylic acids is 1. The van der Waals surface area contributed by atoms with E-state index < -0.39 is 24.1 Å². The normalized spacial score (nSPS) is 17.6. The average molecular weight is 450 g/mol. The molecule has 1 heterocycles. The number of sulfonamides is 1. The molecule has 0 radical (unpaired) electrons. The van der Waals surface area contributed by atoms with Crippen LogP contribution < -0.4 is 4.74 Å². The number of benzene rings is 1. The Morgan fingerprint density at radius 1 is 1.07 bits per heavy atom. The number of carbonyl (C=O) groups is 1. The van der Waals surface area contributed by atoms with Crippen LogP contribution in [0.1, 0.15) is 60.8 Å². The highest BCUT2D eigenvalue weighted by molar-refractivity contribution is 7.89. The van der Waals surface area contributed by atoms with Gasteiger partial charge in [-0.25, -0.2) is 12.7 Å². The van der Waals surface area contributed by atoms with Crippen LogP contribution in [0, 0.1) is 11.5 Å². The van der Waals surface area contributed by atoms with E-state index in [1.807, 2.05) is 0 Å². The fourth-order valence-electron chi connectivity index (χ4n) is 4.85. The van der Waals surface area contributed by atoms with Crippen LogP contribution in [0.3, 0.4) is 0 Å². The van der Waals surface area contributed by atoms with E-state index in [-0.39, 0.29) is 17.2 Å². The second kappa shape index (κ2) is 9.57. The first-order chi connectivity index (χ1) is 14.0. The molecule has 0 N–H and O–H groups in total. The van der Waals surface area contributed by atoms with Gasteiger partial charge in [0.2, 0.25) is 5.91 Å². The van der Waals surface area contributed by atoms with Crippen LogP contribution in [0.25, 0.3) is 0 Å². The number of ether oxygens (including phenoxy) is 1. The van der Waals surface area contributed by atoms with Crippen LogP contribution >= 0.6 is 0 Å². The summed E-state index contributed by atoms with van der Waals surface area (Å²) in [5.41, 5.74) is 5.17. The van der Waals surface area contributed by atoms with Gasteiger partial charge in [0, 0.05) is 12.8 Å². The molecule has 166 valence electrons. The zero-order chi connectivity index (χ0) is 22.7. The van der Waals surface area contributed by atoms with Gasteiger partial charge in [-0.05, 0) is 47.3 Å². The van der Waals surface area contributed by atoms with Crippen LogP contribution in [0.15, 0.2) is 29.2 Å². The molecular formula is C23H35NO4SSi. The van der Waals surface area contributed by atoms with Crippen molar-refractivity contribution in [2.45, 2.75) is 88.4 Å². The zero-order valence-corrected chi connectivity index (χ0v) is 21.0. The summed E-state index contributed by atoms with van der Waals surface area (Å²) in [6, 6.07) is 5.75. The van der Waals surface area contributed by atoms with E-state index in [2.05, 4.69) is 53.0 Å². The second-order valence-electron chi connectivity index (χ2n) is 8.97. The van der Waals surface area contributed by atoms with Gasteiger partial charge < -0.3 is 4.74 Å². The van der Waals surface area contributed by atoms with Gasteiger partial charge in [-0.15, -0.1) is 11.5 Å². The molecule has 5 nitrogen and oxygen atoms in total. The average Bonchev–Trinajstić information content (AvgIpc) is 3.05. The van der Waals surface area contributed by atoms with Crippen molar-refractivity contribution in [2.75, 3.05) is 7.11 Å². The summed E-state index contributed by atoms with van der Waals surface area (Å²) in [5, 5.41) is 0. The lowest BCUT2D eigenvalue weighted by Gasteiger charge is -2.38. The first kappa shape index (κ1) is 24.5. The van der Waals surface area contributed by atoms with Crippen molar-refractivity contribution >= 4 is 24.0 Å². The number of rotatable bonds is 7. The largest absolute Gasteiger partial charge is 0.497 e. The maximum absolute atomic E-state index is 13.2. The molecule has 1 aromatic carbocycles. The van der Waals surface area contributed by atoms with E-state index >= 15 is 0 Å². The van der Waals surface area contributed by atoms with Crippen LogP contribution in [0.5, 0.6) is 5.75 Å². The van der Waals surface area contributed by atoms with Gasteiger partial charge in [-0.2, -0.15) is 0 Å². The SMILES string of the molecule is COc1ccc(S(=O)(=O)N2C(=O)CCC2CC#C[Si](C(C)C)(C(C)C)C(C)C)cc1. The summed E-state index contributed by atoms with van der Waals surface area (Å²) in [6.45, 7) is 13.5. The summed E-state index contributed by atoms with van der Waals surface area (Å²) in [5.74, 6) is 3.56. The molecule has 1 fully saturated rings. The molecule has 0 aliphatic carbocycles. The highest BCUT2D eigenvalue weighted by Crippen LogP contribution is 2.41. The monoisotopic (exact) mass is 449 g/mol. The molecule has 1 atom stereocenters. The van der Waals surface area contributed by atoms with Gasteiger partial charge in [0.25, 0.3) is 10.0 Å². The molecule has 0 bridgehead atoms. The Balaban J connectivity index is 2.32. The minimum absolute atomic E-state index is 0.103. The van der Waals surface area contributed by atoms with E-state index in [0.29, 0.717) is 35.2 Å². The molecule has 1 unspecified atom stereocenters. The maximum Gasteiger partial charge on any atom is 0.266 e. The second-order valence-corrected chi connectivity index (χ2v) is 16.4. The van der Waals surface area contributed by atoms with Crippen LogP contribution in [-0.4, -0.2) is 39.9 Å². The minimum atomic E-state index is -3.91. The Hall–Kier alpha value is -1.78. The van der Waals surface area contributed by atoms with Gasteiger partial charge in [0.05, 0.1) is 18.0 Å². The first-order valence-electron chi connectivity index (χ1n) is 10.7. The van der Waals surface area contributed by atoms with E-state index in [4.69, 9.17) is 4.74 Å². The third-order valence-corrected chi connectivity index (χ3v) is 14.6. The number of amides is 1. The Bertz CT molecular complexity index is 889. The molecule has 0 saturated carbocycles. The van der Waals surface area contributed by atoms with Crippen molar-refractivity contribution in [3.8, 4) is 17.2 Å². The van der Waals surface area contributed by atoms with E-state index in [9.17, 15) is 13.2 Å². The molecule has 1 saturated heterocycles. The first-order valence-corrected chi connectivity index (χ1v) is 14.4. The number of hydrogen-bond acceptors (Lipinski definition) is 4. The fourth-order valence-corrected chi connectivity index (χ4v) is 11.8. The van der Waals surface area contributed by atoms with Crippen molar-refractivity contribution in [3.05, 3.63) is 24.3 Å². The van der Waals surface area contributed by atoms with E-state index in [0.717, 1.165) is 4.31 Å². The third-order valence-electron chi connectivity index (χ3n) is 6.39. The lowest BCUT2D eigenvalue weighted by molar-refractivity contribution is -0.124. The van der Waals surface area contributed by atoms with Gasteiger partial charge in [-0.1, -0.05) is 41.5 Å². The van der Waals surface area contributed by atoms with Gasteiger partial charge in [0.1, 0.15) is 13.8 Å². The fraction of sp³-hybridized carbons (Fsp3) is 0.609. The topological polar surface area (TPSA) is 63.7 Å². The van der Waals surface area contributed by atoms with Crippen molar-refractivity contribution in [1.82, 2.24) is 4.31 Å². The standard InChI is InChI=1S/C23H35NO4SSi/c1-17(2)30(18(3)4,19(5)6)16-8-9-20-10-15-23(25)24(20)29(26,27)22-13-11-21(28-7)12-14-22/h11-14,17-20H,9-10,15H2,1-7H3. The summed E-state index contributed by atoms with van der Waals surface area (Å²) in [6.07, 6.45) is 1.15. The van der Waals surface area contributed by atoms with E-state index in [1.54, 1.807) is 12.1 Å². The van der Waals surface area contributed by atoms with Crippen LogP contribution in [0.4, 0.5) is 0 Å². The van der Waals surface area contributed by atoms with Crippen molar-refractivity contribution in [1.29, 1.82) is 0 Å². The molecule has 2 rings (SSSR count). The van der Waals surface area contributed by atoms with Gasteiger partial charge in [-0.3, -0.25) is 4.79 Å². The highest BCUT2D eigenvalue weighted by atomic mass is 32.2. The molecule has 7 heteroatoms. The predicted octanol–water partition coefficient (Wildman–Crippen LogP) is 4.99. The summed E-state index contributed by atoms with van der Waals surface area (Å²) in [4.78, 5) is 12.6. The molecule has 30 heavy (non-hydrogen) atoms. The highest BCUT2D eigenvalue weighted by Gasteiger charge is 2.43. The minimum Gasteiger partial charge on any atom is -0.497 e. The zero-order valence-electron chi connectivity index (χ0n) is 19.2. The number of methoxy groups -OCH3 is 1. The van der Waals surface area contributed by atoms with Crippen LogP contribution in [-0.2, 0) is 14.8 Å². The number of nitrogens with zero attached hydrogens (tertiary/aromatic N) is 1. The van der Waals surface area contributed by atoms with Crippen LogP contribution in [0.2, 0.25) is 16.6 Å². The molecule has 1 aliphatic rings. The lowest BCUT2D eigenvalue weighted by atomic mass is 10.2. The van der Waals surface area contributed by atoms with E-state index in [1.165, 1.54) is 19.2 Å². The Morgan fingerprint density at radius 3 is 2.07 bits per heavy atom. The molecule has 1 amide bonds. The molecular weight excluding hydrogens is 414 g/mol. The van der Waals surface area contributed by atoms with Crippen molar-refractivity contribution in [2.24, 2.45) is 0 Å². The molecule has 1 aliphatic heterocycles. The smallest absolute Gasteiger partial charge is 0.266 e. The quantitative estimate of drug-likeness (QED) is 0.435. The van der Waals surface area contributed by atoms with Crippen molar-refractivity contribution < 1.29 is 17.9 Å². The van der Waals surface area contributed by atoms with Gasteiger partial charge >= 0.3 is 0 Å². The summed E-state index contributed by atoms with van der Waals surface area (Å²) in [7, 11) is -4.27. The summed E-state index contributed by atoms with van der Waals surface area (Å²) >= 11 is 0. The van der Waals surface area contributed by atoms with Crippen molar-refractivity contribution in [3.63, 3.8) is 0 Å². The number of hydrogen-bond donors (Lipinski definition) is 0. The maximum atomic E-state index is 13.2. The molecule has 1 aromatic rings. The lowest BCUT2D eigenvalue weighted by Crippen LogP contribution is -2.43. The summed E-state index contributed by atoms with van der Waals surface area (Å²) < 4.78 is 32.5. The molecule has 0 aromatic heterocycles. The Kier molecular flexibility index (Phi) is 7.81. The molecule has 0 spiro atoms. The van der Waals surface area contributed by atoms with Gasteiger partial charge in [0.15, 0.2) is 0 Å². The predicted molar refractivity (Wildman–Crippen MR) is 123 cm³/mol. The Labute approximate surface area is 183 Å².